The van der Waals surface area contributed by atoms with Crippen molar-refractivity contribution in [3.63, 3.8) is 0 Å². The van der Waals surface area contributed by atoms with Gasteiger partial charge in [-0.1, -0.05) is 133 Å². The van der Waals surface area contributed by atoms with Gasteiger partial charge in [-0.05, 0) is 102 Å². The molecule has 0 bridgehead atoms. The summed E-state index contributed by atoms with van der Waals surface area (Å²) < 4.78 is 2.45. The maximum Gasteiger partial charge on any atom is 0.0619 e. The van der Waals surface area contributed by atoms with Gasteiger partial charge in [0.25, 0.3) is 0 Å². The maximum atomic E-state index is 2.45. The highest BCUT2D eigenvalue weighted by Gasteiger charge is 2.19. The molecule has 0 aliphatic rings. The summed E-state index contributed by atoms with van der Waals surface area (Å²) in [6.07, 6.45) is 0. The number of para-hydroxylation sites is 2. The molecule has 47 heavy (non-hydrogen) atoms. The van der Waals surface area contributed by atoms with Gasteiger partial charge in [0, 0.05) is 22.0 Å². The minimum Gasteiger partial charge on any atom is -0.309 e. The second kappa shape index (κ2) is 10.2. The van der Waals surface area contributed by atoms with Crippen LogP contribution in [0.15, 0.2) is 176 Å². The molecule has 1 aromatic heterocycles. The highest BCUT2D eigenvalue weighted by Crippen LogP contribution is 2.42. The molecule has 0 fully saturated rings. The fourth-order valence-corrected chi connectivity index (χ4v) is 7.70. The van der Waals surface area contributed by atoms with Gasteiger partial charge in [0.2, 0.25) is 0 Å². The van der Waals surface area contributed by atoms with Gasteiger partial charge in [-0.3, -0.25) is 0 Å². The Kier molecular flexibility index (Phi) is 5.64. The third-order valence-electron chi connectivity index (χ3n) is 9.92. The minimum atomic E-state index is 1.16. The SMILES string of the molecule is c1ccc(-n2c3ccccc3c3cc(-c4ccc5c(ccc6ccccc65)c4)cc(-c4ccc5c(ccc6ccccc65)c4)c32)cc1. The van der Waals surface area contributed by atoms with Crippen molar-refractivity contribution in [1.82, 2.24) is 4.57 Å². The number of hydrogen-bond acceptors (Lipinski definition) is 0. The summed E-state index contributed by atoms with van der Waals surface area (Å²) in [6.45, 7) is 0. The summed E-state index contributed by atoms with van der Waals surface area (Å²) in [5.74, 6) is 0. The molecule has 0 saturated carbocycles. The minimum absolute atomic E-state index is 1.16. The number of hydrogen-bond donors (Lipinski definition) is 0. The van der Waals surface area contributed by atoms with E-state index in [4.69, 9.17) is 0 Å². The molecular weight excluding hydrogens is 567 g/mol. The number of benzene rings is 9. The summed E-state index contributed by atoms with van der Waals surface area (Å²) in [6, 6.07) is 64.7. The van der Waals surface area contributed by atoms with E-state index in [2.05, 4.69) is 180 Å². The van der Waals surface area contributed by atoms with Crippen LogP contribution >= 0.6 is 0 Å². The first-order valence-electron chi connectivity index (χ1n) is 16.3. The van der Waals surface area contributed by atoms with Crippen molar-refractivity contribution in [3.8, 4) is 27.9 Å². The van der Waals surface area contributed by atoms with Crippen LogP contribution < -0.4 is 0 Å². The van der Waals surface area contributed by atoms with Gasteiger partial charge < -0.3 is 4.57 Å². The van der Waals surface area contributed by atoms with Gasteiger partial charge in [-0.25, -0.2) is 0 Å². The lowest BCUT2D eigenvalue weighted by Gasteiger charge is -2.15. The van der Waals surface area contributed by atoms with Crippen LogP contribution in [0.4, 0.5) is 0 Å². The second-order valence-corrected chi connectivity index (χ2v) is 12.6. The van der Waals surface area contributed by atoms with Crippen molar-refractivity contribution in [2.45, 2.75) is 0 Å². The molecule has 0 N–H and O–H groups in total. The third kappa shape index (κ3) is 4.03. The zero-order valence-corrected chi connectivity index (χ0v) is 25.7. The van der Waals surface area contributed by atoms with Gasteiger partial charge in [0.15, 0.2) is 0 Å². The van der Waals surface area contributed by atoms with Crippen LogP contribution in [0.1, 0.15) is 0 Å². The molecule has 9 aromatic carbocycles. The molecule has 1 heteroatoms. The maximum absolute atomic E-state index is 2.45. The van der Waals surface area contributed by atoms with Crippen molar-refractivity contribution < 1.29 is 0 Å². The Balaban J connectivity index is 1.29. The van der Waals surface area contributed by atoms with Crippen LogP contribution in [-0.2, 0) is 0 Å². The monoisotopic (exact) mass is 595 g/mol. The van der Waals surface area contributed by atoms with Crippen molar-refractivity contribution in [2.75, 3.05) is 0 Å². The molecule has 0 unspecified atom stereocenters. The number of aromatic nitrogens is 1. The lowest BCUT2D eigenvalue weighted by atomic mass is 9.92. The molecule has 0 spiro atoms. The Morgan fingerprint density at radius 1 is 0.298 bits per heavy atom. The lowest BCUT2D eigenvalue weighted by Crippen LogP contribution is -1.96. The van der Waals surface area contributed by atoms with E-state index >= 15 is 0 Å². The predicted molar refractivity (Wildman–Crippen MR) is 202 cm³/mol. The molecule has 0 aliphatic heterocycles. The van der Waals surface area contributed by atoms with Gasteiger partial charge in [-0.2, -0.15) is 0 Å². The molecule has 1 nitrogen and oxygen atoms in total. The highest BCUT2D eigenvalue weighted by atomic mass is 15.0. The van der Waals surface area contributed by atoms with E-state index in [9.17, 15) is 0 Å². The van der Waals surface area contributed by atoms with Gasteiger partial charge in [-0.15, -0.1) is 0 Å². The van der Waals surface area contributed by atoms with E-state index in [1.807, 2.05) is 0 Å². The fourth-order valence-electron chi connectivity index (χ4n) is 7.70. The number of rotatable bonds is 3. The Labute approximate surface area is 272 Å². The van der Waals surface area contributed by atoms with Crippen LogP contribution in [0.3, 0.4) is 0 Å². The van der Waals surface area contributed by atoms with Gasteiger partial charge in [0.05, 0.1) is 11.0 Å². The normalized spacial score (nSPS) is 11.8. The van der Waals surface area contributed by atoms with Gasteiger partial charge in [0.1, 0.15) is 0 Å². The molecule has 1 heterocycles. The molecule has 0 saturated heterocycles. The summed E-state index contributed by atoms with van der Waals surface area (Å²) in [5, 5.41) is 12.7. The van der Waals surface area contributed by atoms with Gasteiger partial charge >= 0.3 is 0 Å². The first-order valence-corrected chi connectivity index (χ1v) is 16.3. The Morgan fingerprint density at radius 3 is 1.53 bits per heavy atom. The second-order valence-electron chi connectivity index (χ2n) is 12.6. The zero-order valence-electron chi connectivity index (χ0n) is 25.7. The summed E-state index contributed by atoms with van der Waals surface area (Å²) >= 11 is 0. The highest BCUT2D eigenvalue weighted by molar-refractivity contribution is 6.17. The van der Waals surface area contributed by atoms with Crippen LogP contribution in [0, 0.1) is 0 Å². The van der Waals surface area contributed by atoms with Crippen molar-refractivity contribution in [2.24, 2.45) is 0 Å². The molecule has 0 amide bonds. The van der Waals surface area contributed by atoms with E-state index < -0.39 is 0 Å². The summed E-state index contributed by atoms with van der Waals surface area (Å²) in [4.78, 5) is 0. The largest absolute Gasteiger partial charge is 0.309 e. The lowest BCUT2D eigenvalue weighted by molar-refractivity contribution is 1.18. The first kappa shape index (κ1) is 26.1. The molecule has 0 radical (unpaired) electrons. The molecule has 10 aromatic rings. The van der Waals surface area contributed by atoms with Crippen LogP contribution in [0.25, 0.3) is 92.8 Å². The van der Waals surface area contributed by atoms with E-state index in [-0.39, 0.29) is 0 Å². The van der Waals surface area contributed by atoms with E-state index in [0.29, 0.717) is 0 Å². The Morgan fingerprint density at radius 2 is 0.830 bits per heavy atom. The standard InChI is InChI=1S/C46H29N/c1-2-12-37(13-3-1)47-45-17-9-8-16-42(45)44-29-36(32-22-24-40-33(26-32)20-18-30-10-4-6-14-38(30)40)28-43(46(44)47)35-23-25-41-34(27-35)21-19-31-11-5-7-15-39(31)41/h1-29H. The molecular formula is C46H29N. The topological polar surface area (TPSA) is 4.93 Å². The molecule has 218 valence electrons. The van der Waals surface area contributed by atoms with Crippen molar-refractivity contribution in [1.29, 1.82) is 0 Å². The third-order valence-corrected chi connectivity index (χ3v) is 9.92. The average molecular weight is 596 g/mol. The zero-order chi connectivity index (χ0) is 30.9. The molecule has 0 atom stereocenters. The predicted octanol–water partition coefficient (Wildman–Crippen LogP) is 12.7. The Hall–Kier alpha value is -6.18. The van der Waals surface area contributed by atoms with E-state index in [1.165, 1.54) is 87.1 Å². The molecule has 10 rings (SSSR count). The van der Waals surface area contributed by atoms with E-state index in [1.54, 1.807) is 0 Å². The van der Waals surface area contributed by atoms with Crippen LogP contribution in [0.2, 0.25) is 0 Å². The van der Waals surface area contributed by atoms with E-state index in [0.717, 1.165) is 5.69 Å². The summed E-state index contributed by atoms with van der Waals surface area (Å²) in [5.41, 5.74) is 8.49. The quantitative estimate of drug-likeness (QED) is 0.179. The average Bonchev–Trinajstić information content (AvgIpc) is 3.48. The first-order chi connectivity index (χ1) is 23.3. The Bertz CT molecular complexity index is 2840. The smallest absolute Gasteiger partial charge is 0.0619 e. The van der Waals surface area contributed by atoms with Crippen molar-refractivity contribution >= 4 is 64.9 Å². The number of fused-ring (bicyclic) bond motifs is 9. The van der Waals surface area contributed by atoms with Crippen LogP contribution in [0.5, 0.6) is 0 Å². The number of nitrogens with zero attached hydrogens (tertiary/aromatic N) is 1. The van der Waals surface area contributed by atoms with Crippen molar-refractivity contribution in [3.05, 3.63) is 176 Å². The van der Waals surface area contributed by atoms with Crippen LogP contribution in [-0.4, -0.2) is 4.57 Å². The summed E-state index contributed by atoms with van der Waals surface area (Å²) in [7, 11) is 0. The molecule has 0 aliphatic carbocycles. The fraction of sp³-hybridized carbons (Fsp3) is 0.